The Morgan fingerprint density at radius 2 is 1.81 bits per heavy atom. The molecule has 37 heavy (non-hydrogen) atoms. The second-order valence-electron chi connectivity index (χ2n) is 11.1. The third kappa shape index (κ3) is 4.22. The summed E-state index contributed by atoms with van der Waals surface area (Å²) in [6, 6.07) is 6.02. The van der Waals surface area contributed by atoms with Gasteiger partial charge in [-0.15, -0.1) is 0 Å². The van der Waals surface area contributed by atoms with Crippen LogP contribution < -0.4 is 10.6 Å². The van der Waals surface area contributed by atoms with E-state index in [1.165, 1.54) is 0 Å². The van der Waals surface area contributed by atoms with E-state index in [9.17, 15) is 9.59 Å². The van der Waals surface area contributed by atoms with Gasteiger partial charge in [0.15, 0.2) is 0 Å². The maximum absolute atomic E-state index is 13.0. The molecule has 2 N–H and O–H groups in total. The van der Waals surface area contributed by atoms with E-state index in [0.29, 0.717) is 34.5 Å². The van der Waals surface area contributed by atoms with Crippen molar-refractivity contribution in [3.05, 3.63) is 41.9 Å². The molecular weight excluding hydrogens is 468 g/mol. The van der Waals surface area contributed by atoms with Crippen molar-refractivity contribution in [2.75, 3.05) is 39.5 Å². The molecule has 0 radical (unpaired) electrons. The van der Waals surface area contributed by atoms with Crippen LogP contribution in [0.1, 0.15) is 65.4 Å². The molecule has 4 heterocycles. The van der Waals surface area contributed by atoms with Crippen LogP contribution in [0.3, 0.4) is 0 Å². The maximum Gasteiger partial charge on any atom is 0.270 e. The minimum Gasteiger partial charge on any atom is -0.343 e. The van der Waals surface area contributed by atoms with Crippen molar-refractivity contribution in [3.8, 4) is 0 Å². The Hall–Kier alpha value is -3.53. The molecule has 1 aliphatic heterocycles. The first-order valence-corrected chi connectivity index (χ1v) is 13.1. The van der Waals surface area contributed by atoms with Gasteiger partial charge in [-0.2, -0.15) is 4.98 Å². The number of pyridine rings is 1. The van der Waals surface area contributed by atoms with E-state index in [1.807, 2.05) is 18.0 Å². The number of hydrogen-bond acceptors (Lipinski definition) is 7. The Kier molecular flexibility index (Phi) is 5.86. The molecule has 194 valence electrons. The maximum atomic E-state index is 13.0. The second kappa shape index (κ2) is 9.09. The smallest absolute Gasteiger partial charge is 0.270 e. The summed E-state index contributed by atoms with van der Waals surface area (Å²) < 4.78 is 2.09. The van der Waals surface area contributed by atoms with Crippen molar-refractivity contribution < 1.29 is 9.59 Å². The van der Waals surface area contributed by atoms with Gasteiger partial charge in [-0.25, -0.2) is 9.97 Å². The van der Waals surface area contributed by atoms with E-state index < -0.39 is 0 Å². The molecule has 3 fully saturated rings. The van der Waals surface area contributed by atoms with Crippen LogP contribution in [-0.2, 0) is 0 Å². The lowest BCUT2D eigenvalue weighted by molar-refractivity contribution is -0.0195. The molecule has 10 heteroatoms. The number of carbonyl (C=O) groups is 2. The number of hydrogen-bond donors (Lipinski definition) is 2. The lowest BCUT2D eigenvalue weighted by Gasteiger charge is -2.56. The number of nitrogens with one attached hydrogen (secondary N) is 2. The van der Waals surface area contributed by atoms with Crippen LogP contribution in [-0.4, -0.2) is 81.4 Å². The highest BCUT2D eigenvalue weighted by atomic mass is 16.2. The van der Waals surface area contributed by atoms with Gasteiger partial charge >= 0.3 is 0 Å². The first-order valence-electron chi connectivity index (χ1n) is 13.1. The molecule has 2 saturated carbocycles. The minimum absolute atomic E-state index is 0.00340. The molecule has 0 unspecified atom stereocenters. The van der Waals surface area contributed by atoms with Crippen LogP contribution in [0.15, 0.2) is 30.6 Å². The van der Waals surface area contributed by atoms with E-state index in [0.717, 1.165) is 62.6 Å². The average Bonchev–Trinajstić information content (AvgIpc) is 3.49. The normalized spacial score (nSPS) is 19.0. The fourth-order valence-electron chi connectivity index (χ4n) is 6.05. The first-order chi connectivity index (χ1) is 17.8. The van der Waals surface area contributed by atoms with E-state index in [2.05, 4.69) is 25.2 Å². The summed E-state index contributed by atoms with van der Waals surface area (Å²) in [6.45, 7) is 2.14. The molecule has 3 aromatic heterocycles. The quantitative estimate of drug-likeness (QED) is 0.533. The Labute approximate surface area is 216 Å². The highest BCUT2D eigenvalue weighted by molar-refractivity contribution is 5.98. The summed E-state index contributed by atoms with van der Waals surface area (Å²) in [5.74, 6) is 0.931. The highest BCUT2D eigenvalue weighted by Crippen LogP contribution is 2.46. The molecule has 1 spiro atoms. The number of anilines is 2. The van der Waals surface area contributed by atoms with E-state index in [-0.39, 0.29) is 17.9 Å². The molecule has 6 rings (SSSR count). The summed E-state index contributed by atoms with van der Waals surface area (Å²) in [5.41, 5.74) is 2.39. The number of fused-ring (bicyclic) bond motifs is 1. The highest BCUT2D eigenvalue weighted by Gasteiger charge is 2.50. The Balaban J connectivity index is 1.20. The third-order valence-electron chi connectivity index (χ3n) is 8.35. The fraction of sp³-hybridized carbons (Fsp3) is 0.519. The zero-order chi connectivity index (χ0) is 25.7. The number of nitrogens with zero attached hydrogens (tertiary/aromatic N) is 6. The SMILES string of the molecule is CN(C)C(=O)c1cc2cnc(Nc3ccc(C(=O)N(C)C4CC5(CNC5)C4)cn3)nc2n1C1CCCC1. The Bertz CT molecular complexity index is 1330. The summed E-state index contributed by atoms with van der Waals surface area (Å²) in [6.07, 6.45) is 9.87. The molecule has 3 aromatic rings. The molecule has 0 bridgehead atoms. The summed E-state index contributed by atoms with van der Waals surface area (Å²) in [5, 5.41) is 7.35. The molecule has 2 amide bonds. The van der Waals surface area contributed by atoms with Gasteiger partial charge in [0.2, 0.25) is 5.95 Å². The van der Waals surface area contributed by atoms with Crippen LogP contribution >= 0.6 is 0 Å². The number of aromatic nitrogens is 4. The van der Waals surface area contributed by atoms with Gasteiger partial charge in [0.05, 0.1) is 5.56 Å². The Morgan fingerprint density at radius 3 is 2.43 bits per heavy atom. The minimum atomic E-state index is -0.0345. The van der Waals surface area contributed by atoms with Gasteiger partial charge in [0.25, 0.3) is 11.8 Å². The fourth-order valence-corrected chi connectivity index (χ4v) is 6.05. The molecule has 1 saturated heterocycles. The first kappa shape index (κ1) is 23.8. The van der Waals surface area contributed by atoms with Gasteiger partial charge < -0.3 is 25.0 Å². The lowest BCUT2D eigenvalue weighted by Crippen LogP contribution is -2.65. The van der Waals surface area contributed by atoms with Crippen molar-refractivity contribution in [3.63, 3.8) is 0 Å². The zero-order valence-corrected chi connectivity index (χ0v) is 21.7. The molecule has 10 nitrogen and oxygen atoms in total. The Morgan fingerprint density at radius 1 is 1.05 bits per heavy atom. The van der Waals surface area contributed by atoms with Crippen LogP contribution in [0.2, 0.25) is 0 Å². The van der Waals surface area contributed by atoms with E-state index in [4.69, 9.17) is 4.98 Å². The van der Waals surface area contributed by atoms with Gasteiger partial charge in [-0.3, -0.25) is 9.59 Å². The number of carbonyl (C=O) groups excluding carboxylic acids is 2. The van der Waals surface area contributed by atoms with Gasteiger partial charge in [0, 0.05) is 64.1 Å². The van der Waals surface area contributed by atoms with Crippen LogP contribution in [0.25, 0.3) is 11.0 Å². The third-order valence-corrected chi connectivity index (χ3v) is 8.35. The van der Waals surface area contributed by atoms with Crippen molar-refractivity contribution in [1.82, 2.24) is 34.6 Å². The van der Waals surface area contributed by atoms with Crippen molar-refractivity contribution in [2.24, 2.45) is 5.41 Å². The van der Waals surface area contributed by atoms with Crippen molar-refractivity contribution >= 4 is 34.6 Å². The molecule has 3 aliphatic rings. The van der Waals surface area contributed by atoms with Crippen molar-refractivity contribution in [1.29, 1.82) is 0 Å². The summed E-state index contributed by atoms with van der Waals surface area (Å²) >= 11 is 0. The monoisotopic (exact) mass is 502 g/mol. The topological polar surface area (TPSA) is 108 Å². The largest absolute Gasteiger partial charge is 0.343 e. The van der Waals surface area contributed by atoms with Gasteiger partial charge in [-0.05, 0) is 49.3 Å². The second-order valence-corrected chi connectivity index (χ2v) is 11.1. The molecule has 0 aromatic carbocycles. The van der Waals surface area contributed by atoms with Crippen LogP contribution in [0, 0.1) is 5.41 Å². The van der Waals surface area contributed by atoms with Gasteiger partial charge in [0.1, 0.15) is 17.2 Å². The van der Waals surface area contributed by atoms with Crippen molar-refractivity contribution in [2.45, 2.75) is 50.6 Å². The molecule has 2 aliphatic carbocycles. The van der Waals surface area contributed by atoms with Crippen LogP contribution in [0.4, 0.5) is 11.8 Å². The summed E-state index contributed by atoms with van der Waals surface area (Å²) in [7, 11) is 5.42. The lowest BCUT2D eigenvalue weighted by atomic mass is 9.61. The van der Waals surface area contributed by atoms with Crippen LogP contribution in [0.5, 0.6) is 0 Å². The summed E-state index contributed by atoms with van der Waals surface area (Å²) in [4.78, 5) is 43.0. The standard InChI is InChI=1S/C27H34N8O2/c1-33(2)25(37)21-10-18-14-30-26(32-23(18)35(21)19-6-4-5-7-19)31-22-9-8-17(13-29-22)24(36)34(3)20-11-27(12-20)15-28-16-27/h8-10,13-14,19-20,28H,4-7,11-12,15-16H2,1-3H3,(H,29,30,31,32). The predicted molar refractivity (Wildman–Crippen MR) is 141 cm³/mol. The number of amides is 2. The molecule has 0 atom stereocenters. The predicted octanol–water partition coefficient (Wildman–Crippen LogP) is 3.21. The van der Waals surface area contributed by atoms with E-state index in [1.54, 1.807) is 43.5 Å². The number of rotatable bonds is 6. The molecular formula is C27H34N8O2. The zero-order valence-electron chi connectivity index (χ0n) is 21.7. The van der Waals surface area contributed by atoms with Gasteiger partial charge in [-0.1, -0.05) is 12.8 Å². The average molecular weight is 503 g/mol. The van der Waals surface area contributed by atoms with E-state index >= 15 is 0 Å².